The van der Waals surface area contributed by atoms with Gasteiger partial charge < -0.3 is 21.3 Å². The van der Waals surface area contributed by atoms with E-state index in [9.17, 15) is 28.8 Å². The zero-order valence-electron chi connectivity index (χ0n) is 13.7. The lowest BCUT2D eigenvalue weighted by molar-refractivity contribution is -0.133. The highest BCUT2D eigenvalue weighted by Crippen LogP contribution is 2.15. The van der Waals surface area contributed by atoms with Crippen LogP contribution in [0.25, 0.3) is 0 Å². The number of hydrogen-bond acceptors (Lipinski definition) is 8. The van der Waals surface area contributed by atoms with Crippen LogP contribution < -0.4 is 21.3 Å². The summed E-state index contributed by atoms with van der Waals surface area (Å²) in [7, 11) is 0. The Hall–Kier alpha value is -2.08. The fourth-order valence-corrected chi connectivity index (χ4v) is 3.81. The van der Waals surface area contributed by atoms with Gasteiger partial charge in [-0.25, -0.2) is 0 Å². The van der Waals surface area contributed by atoms with E-state index in [1.165, 1.54) is 0 Å². The predicted molar refractivity (Wildman–Crippen MR) is 94.0 cm³/mol. The number of hydrogen-bond donors (Lipinski definition) is 4. The van der Waals surface area contributed by atoms with Crippen LogP contribution in [0.5, 0.6) is 0 Å². The third-order valence-electron chi connectivity index (χ3n) is 3.50. The number of thioether (sulfide) groups is 2. The molecular formula is C14H18N4O6S2. The predicted octanol–water partition coefficient (Wildman–Crippen LogP) is -2.48. The molecule has 2 fully saturated rings. The Balaban J connectivity index is 1.63. The summed E-state index contributed by atoms with van der Waals surface area (Å²) in [6, 6.07) is -1.52. The zero-order chi connectivity index (χ0) is 19.1. The highest BCUT2D eigenvalue weighted by atomic mass is 32.2. The molecule has 4 amide bonds. The lowest BCUT2D eigenvalue weighted by Crippen LogP contribution is -2.57. The van der Waals surface area contributed by atoms with E-state index >= 15 is 0 Å². The quantitative estimate of drug-likeness (QED) is 0.365. The van der Waals surface area contributed by atoms with Gasteiger partial charge in [0, 0.05) is 24.3 Å². The molecule has 2 aliphatic rings. The SMILES string of the molecule is O=C1CNC(=O)[C@H](CSC(=O)CCC(=O)SC[C@@H]2NC(=O)CNC2=O)N1. The highest BCUT2D eigenvalue weighted by Gasteiger charge is 2.28. The van der Waals surface area contributed by atoms with Gasteiger partial charge in [0.1, 0.15) is 12.1 Å². The topological polar surface area (TPSA) is 151 Å². The van der Waals surface area contributed by atoms with Crippen LogP contribution in [0.2, 0.25) is 0 Å². The summed E-state index contributed by atoms with van der Waals surface area (Å²) in [6.45, 7) is -0.141. The number of amides is 4. The molecule has 2 atom stereocenters. The maximum absolute atomic E-state index is 11.8. The van der Waals surface area contributed by atoms with E-state index in [2.05, 4.69) is 21.3 Å². The average molecular weight is 402 g/mol. The van der Waals surface area contributed by atoms with Crippen molar-refractivity contribution in [3.8, 4) is 0 Å². The van der Waals surface area contributed by atoms with Gasteiger partial charge in [-0.3, -0.25) is 28.8 Å². The zero-order valence-corrected chi connectivity index (χ0v) is 15.3. The third kappa shape index (κ3) is 6.33. The molecule has 2 heterocycles. The summed E-state index contributed by atoms with van der Waals surface area (Å²) in [5.74, 6) is -1.10. The minimum Gasteiger partial charge on any atom is -0.345 e. The molecule has 12 heteroatoms. The van der Waals surface area contributed by atoms with Crippen LogP contribution >= 0.6 is 23.5 Å². The first kappa shape index (κ1) is 20.2. The number of carbonyl (C=O) groups excluding carboxylic acids is 6. The van der Waals surface area contributed by atoms with Crippen molar-refractivity contribution in [1.29, 1.82) is 0 Å². The summed E-state index contributed by atoms with van der Waals surface area (Å²) < 4.78 is 0. The minimum absolute atomic E-state index is 0.0119. The first-order valence-electron chi connectivity index (χ1n) is 7.80. The number of rotatable bonds is 7. The third-order valence-corrected chi connectivity index (χ3v) is 5.56. The van der Waals surface area contributed by atoms with Crippen molar-refractivity contribution in [2.45, 2.75) is 24.9 Å². The first-order chi connectivity index (χ1) is 12.3. The largest absolute Gasteiger partial charge is 0.345 e. The van der Waals surface area contributed by atoms with E-state index in [4.69, 9.17) is 0 Å². The first-order valence-corrected chi connectivity index (χ1v) is 9.77. The van der Waals surface area contributed by atoms with Gasteiger partial charge in [-0.1, -0.05) is 23.5 Å². The number of piperazine rings is 2. The Bertz CT molecular complexity index is 587. The maximum atomic E-state index is 11.8. The monoisotopic (exact) mass is 402 g/mol. The summed E-state index contributed by atoms with van der Waals surface area (Å²) >= 11 is 1.76. The summed E-state index contributed by atoms with van der Waals surface area (Å²) in [5.41, 5.74) is 0. The Morgan fingerprint density at radius 3 is 1.54 bits per heavy atom. The van der Waals surface area contributed by atoms with Crippen molar-refractivity contribution in [2.24, 2.45) is 0 Å². The summed E-state index contributed by atoms with van der Waals surface area (Å²) in [4.78, 5) is 69.1. The van der Waals surface area contributed by atoms with Crippen molar-refractivity contribution >= 4 is 57.4 Å². The van der Waals surface area contributed by atoms with Crippen LogP contribution in [-0.4, -0.2) is 70.5 Å². The van der Waals surface area contributed by atoms with E-state index in [1.807, 2.05) is 0 Å². The van der Waals surface area contributed by atoms with Gasteiger partial charge in [-0.05, 0) is 0 Å². The molecule has 142 valence electrons. The molecule has 0 radical (unpaired) electrons. The van der Waals surface area contributed by atoms with Gasteiger partial charge in [0.05, 0.1) is 13.1 Å². The standard InChI is InChI=1S/C14H18N4O6S2/c19-9-3-15-13(23)7(17-9)5-25-11(21)1-2-12(22)26-6-8-14(24)16-4-10(20)18-8/h7-8H,1-6H2,(H,15,23)(H,16,24)(H,17,19)(H,18,20)/t7-,8-/m0/s1. The van der Waals surface area contributed by atoms with Crippen LogP contribution in [0.4, 0.5) is 0 Å². The second kappa shape index (κ2) is 9.57. The maximum Gasteiger partial charge on any atom is 0.243 e. The van der Waals surface area contributed by atoms with Gasteiger partial charge >= 0.3 is 0 Å². The van der Waals surface area contributed by atoms with Gasteiger partial charge in [0.25, 0.3) is 0 Å². The van der Waals surface area contributed by atoms with E-state index in [0.29, 0.717) is 0 Å². The molecule has 4 N–H and O–H groups in total. The molecule has 2 saturated heterocycles. The fraction of sp³-hybridized carbons (Fsp3) is 0.571. The summed E-state index contributed by atoms with van der Waals surface area (Å²) in [6.07, 6.45) is -0.0238. The van der Waals surface area contributed by atoms with Crippen LogP contribution in [0.3, 0.4) is 0 Å². The molecular weight excluding hydrogens is 384 g/mol. The smallest absolute Gasteiger partial charge is 0.243 e. The van der Waals surface area contributed by atoms with Gasteiger partial charge in [-0.15, -0.1) is 0 Å². The Labute approximate surface area is 157 Å². The average Bonchev–Trinajstić information content (AvgIpc) is 2.61. The molecule has 0 aromatic heterocycles. The van der Waals surface area contributed by atoms with Gasteiger partial charge in [0.2, 0.25) is 23.6 Å². The molecule has 0 unspecified atom stereocenters. The number of carbonyl (C=O) groups is 6. The van der Waals surface area contributed by atoms with E-state index < -0.39 is 12.1 Å². The van der Waals surface area contributed by atoms with Crippen molar-refractivity contribution in [1.82, 2.24) is 21.3 Å². The molecule has 0 spiro atoms. The highest BCUT2D eigenvalue weighted by molar-refractivity contribution is 8.14. The fourth-order valence-electron chi connectivity index (χ4n) is 2.14. The Morgan fingerprint density at radius 2 is 1.15 bits per heavy atom. The van der Waals surface area contributed by atoms with E-state index in [1.54, 1.807) is 0 Å². The minimum atomic E-state index is -0.760. The Morgan fingerprint density at radius 1 is 0.769 bits per heavy atom. The lowest BCUT2D eigenvalue weighted by Gasteiger charge is -2.22. The lowest BCUT2D eigenvalue weighted by atomic mass is 10.2. The van der Waals surface area contributed by atoms with Crippen molar-refractivity contribution in [3.05, 3.63) is 0 Å². The molecule has 0 aromatic rings. The summed E-state index contributed by atoms with van der Waals surface area (Å²) in [5, 5.41) is 9.26. The molecule has 2 rings (SSSR count). The molecule has 10 nitrogen and oxygen atoms in total. The van der Waals surface area contributed by atoms with E-state index in [-0.39, 0.29) is 71.3 Å². The number of nitrogens with one attached hydrogen (secondary N) is 4. The Kier molecular flexibility index (Phi) is 7.45. The normalized spacial score (nSPS) is 22.8. The van der Waals surface area contributed by atoms with Crippen molar-refractivity contribution in [3.63, 3.8) is 0 Å². The molecule has 0 bridgehead atoms. The van der Waals surface area contributed by atoms with Gasteiger partial charge in [-0.2, -0.15) is 0 Å². The molecule has 0 saturated carbocycles. The van der Waals surface area contributed by atoms with Crippen LogP contribution in [0.1, 0.15) is 12.8 Å². The molecule has 0 aromatic carbocycles. The van der Waals surface area contributed by atoms with E-state index in [0.717, 1.165) is 23.5 Å². The van der Waals surface area contributed by atoms with Crippen molar-refractivity contribution < 1.29 is 28.8 Å². The molecule has 2 aliphatic heterocycles. The van der Waals surface area contributed by atoms with Crippen molar-refractivity contribution in [2.75, 3.05) is 24.6 Å². The van der Waals surface area contributed by atoms with Crippen LogP contribution in [0.15, 0.2) is 0 Å². The van der Waals surface area contributed by atoms with Gasteiger partial charge in [0.15, 0.2) is 10.2 Å². The second-order valence-corrected chi connectivity index (χ2v) is 7.70. The van der Waals surface area contributed by atoms with Crippen LogP contribution in [0, 0.1) is 0 Å². The van der Waals surface area contributed by atoms with Crippen LogP contribution in [-0.2, 0) is 28.8 Å². The molecule has 26 heavy (non-hydrogen) atoms. The molecule has 0 aliphatic carbocycles. The second-order valence-electron chi connectivity index (χ2n) is 5.54.